The lowest BCUT2D eigenvalue weighted by atomic mass is 9.96. The van der Waals surface area contributed by atoms with E-state index in [-0.39, 0.29) is 25.4 Å². The fraction of sp³-hybridized carbons (Fsp3) is 0.286. The molecule has 0 spiro atoms. The van der Waals surface area contributed by atoms with Crippen LogP contribution in [-0.4, -0.2) is 56.0 Å². The Balaban J connectivity index is 1.49. The van der Waals surface area contributed by atoms with Crippen LogP contribution < -0.4 is 10.2 Å². The van der Waals surface area contributed by atoms with Gasteiger partial charge in [0.05, 0.1) is 17.6 Å². The number of anilines is 2. The number of esters is 1. The van der Waals surface area contributed by atoms with Gasteiger partial charge in [-0.1, -0.05) is 36.4 Å². The number of nitrogens with one attached hydrogen (secondary N) is 1. The van der Waals surface area contributed by atoms with E-state index in [9.17, 15) is 22.8 Å². The highest BCUT2D eigenvalue weighted by atomic mass is 32.2. The Labute approximate surface area is 179 Å². The van der Waals surface area contributed by atoms with Gasteiger partial charge in [0.2, 0.25) is 15.9 Å². The first-order valence-corrected chi connectivity index (χ1v) is 11.5. The number of hydrogen-bond acceptors (Lipinski definition) is 6. The zero-order chi connectivity index (χ0) is 22.2. The average Bonchev–Trinajstić information content (AvgIpc) is 2.75. The largest absolute Gasteiger partial charge is 0.454 e. The van der Waals surface area contributed by atoms with Crippen molar-refractivity contribution in [2.75, 3.05) is 29.6 Å². The van der Waals surface area contributed by atoms with Gasteiger partial charge in [-0.25, -0.2) is 8.42 Å². The van der Waals surface area contributed by atoms with E-state index in [0.717, 1.165) is 21.7 Å². The molecule has 1 unspecified atom stereocenters. The summed E-state index contributed by atoms with van der Waals surface area (Å²) < 4.78 is 30.8. The molecule has 4 rings (SSSR count). The predicted molar refractivity (Wildman–Crippen MR) is 113 cm³/mol. The minimum absolute atomic E-state index is 0.0579. The van der Waals surface area contributed by atoms with Crippen LogP contribution in [0.15, 0.2) is 48.5 Å². The van der Waals surface area contributed by atoms with Crippen LogP contribution in [0.4, 0.5) is 11.4 Å². The van der Waals surface area contributed by atoms with Crippen LogP contribution in [0, 0.1) is 0 Å². The van der Waals surface area contributed by atoms with E-state index < -0.39 is 34.5 Å². The zero-order valence-corrected chi connectivity index (χ0v) is 17.6. The van der Waals surface area contributed by atoms with Gasteiger partial charge in [0.15, 0.2) is 6.61 Å². The lowest BCUT2D eigenvalue weighted by Gasteiger charge is -2.33. The van der Waals surface area contributed by atoms with Gasteiger partial charge in [0.25, 0.3) is 5.91 Å². The molecule has 31 heavy (non-hydrogen) atoms. The summed E-state index contributed by atoms with van der Waals surface area (Å²) in [5.74, 6) is -1.73. The van der Waals surface area contributed by atoms with Crippen LogP contribution in [0.5, 0.6) is 0 Å². The number of sulfonamides is 1. The third kappa shape index (κ3) is 4.30. The van der Waals surface area contributed by atoms with E-state index in [2.05, 4.69) is 5.32 Å². The van der Waals surface area contributed by atoms with Gasteiger partial charge in [0.1, 0.15) is 12.6 Å². The molecule has 2 amide bonds. The second-order valence-corrected chi connectivity index (χ2v) is 9.38. The maximum atomic E-state index is 12.8. The summed E-state index contributed by atoms with van der Waals surface area (Å²) in [7, 11) is -3.68. The minimum Gasteiger partial charge on any atom is -0.454 e. The molecule has 0 aromatic heterocycles. The summed E-state index contributed by atoms with van der Waals surface area (Å²) in [5.41, 5.74) is 2.68. The Hall–Kier alpha value is -3.24. The van der Waals surface area contributed by atoms with Crippen LogP contribution >= 0.6 is 0 Å². The van der Waals surface area contributed by atoms with Crippen molar-refractivity contribution in [1.29, 1.82) is 0 Å². The predicted octanol–water partition coefficient (Wildman–Crippen LogP) is 0.901. The molecular formula is C21H21N3O6S. The lowest BCUT2D eigenvalue weighted by Crippen LogP contribution is -2.50. The standard InChI is InChI=1S/C21H21N3O6S/c1-31(28,29)24-11-15-7-3-2-6-14(15)10-18(24)21(27)30-13-20(26)23-12-19(25)22-16-8-4-5-9-17(16)23/h2-9,18H,10-13H2,1H3,(H,22,25). The monoisotopic (exact) mass is 443 g/mol. The molecule has 2 aromatic carbocycles. The number of amides is 2. The first kappa shape index (κ1) is 21.0. The van der Waals surface area contributed by atoms with Crippen LogP contribution in [0.3, 0.4) is 0 Å². The van der Waals surface area contributed by atoms with Gasteiger partial charge in [-0.3, -0.25) is 19.3 Å². The fourth-order valence-corrected chi connectivity index (χ4v) is 4.81. The molecule has 0 saturated carbocycles. The molecule has 10 heteroatoms. The summed E-state index contributed by atoms with van der Waals surface area (Å²) in [6.07, 6.45) is 1.20. The molecule has 1 atom stereocenters. The van der Waals surface area contributed by atoms with Gasteiger partial charge < -0.3 is 10.1 Å². The molecule has 2 aromatic rings. The lowest BCUT2D eigenvalue weighted by molar-refractivity contribution is -0.152. The molecule has 0 aliphatic carbocycles. The second kappa shape index (κ2) is 8.12. The fourth-order valence-electron chi connectivity index (χ4n) is 3.81. The molecule has 2 heterocycles. The molecule has 0 bridgehead atoms. The third-order valence-corrected chi connectivity index (χ3v) is 6.55. The summed E-state index contributed by atoms with van der Waals surface area (Å²) in [6, 6.07) is 13.0. The van der Waals surface area contributed by atoms with Crippen LogP contribution in [0.25, 0.3) is 0 Å². The smallest absolute Gasteiger partial charge is 0.325 e. The molecule has 2 aliphatic rings. The van der Waals surface area contributed by atoms with Crippen LogP contribution in [0.1, 0.15) is 11.1 Å². The number of benzene rings is 2. The average molecular weight is 443 g/mol. The topological polar surface area (TPSA) is 113 Å². The van der Waals surface area contributed by atoms with Crippen molar-refractivity contribution in [3.8, 4) is 0 Å². The molecule has 9 nitrogen and oxygen atoms in total. The SMILES string of the molecule is CS(=O)(=O)N1Cc2ccccc2CC1C(=O)OCC(=O)N1CC(=O)Nc2ccccc21. The van der Waals surface area contributed by atoms with E-state index in [0.29, 0.717) is 11.4 Å². The highest BCUT2D eigenvalue weighted by Gasteiger charge is 2.38. The summed E-state index contributed by atoms with van der Waals surface area (Å²) in [6.45, 7) is -0.738. The first-order valence-electron chi connectivity index (χ1n) is 9.63. The highest BCUT2D eigenvalue weighted by molar-refractivity contribution is 7.88. The van der Waals surface area contributed by atoms with E-state index >= 15 is 0 Å². The molecular weight excluding hydrogens is 422 g/mol. The zero-order valence-electron chi connectivity index (χ0n) is 16.8. The Morgan fingerprint density at radius 2 is 1.74 bits per heavy atom. The molecule has 162 valence electrons. The molecule has 1 N–H and O–H groups in total. The van der Waals surface area contributed by atoms with E-state index in [4.69, 9.17) is 4.74 Å². The number of carbonyl (C=O) groups excluding carboxylic acids is 3. The Morgan fingerprint density at radius 1 is 1.06 bits per heavy atom. The Morgan fingerprint density at radius 3 is 2.48 bits per heavy atom. The van der Waals surface area contributed by atoms with Crippen molar-refractivity contribution in [2.24, 2.45) is 0 Å². The quantitative estimate of drug-likeness (QED) is 0.703. The van der Waals surface area contributed by atoms with Crippen LogP contribution in [-0.2, 0) is 42.1 Å². The molecule has 2 aliphatic heterocycles. The maximum Gasteiger partial charge on any atom is 0.325 e. The number of hydrogen-bond donors (Lipinski definition) is 1. The Bertz CT molecular complexity index is 1160. The summed E-state index contributed by atoms with van der Waals surface area (Å²) in [5, 5.41) is 2.68. The van der Waals surface area contributed by atoms with E-state index in [1.54, 1.807) is 24.3 Å². The van der Waals surface area contributed by atoms with Crippen molar-refractivity contribution >= 4 is 39.2 Å². The van der Waals surface area contributed by atoms with Crippen molar-refractivity contribution in [3.05, 3.63) is 59.7 Å². The summed E-state index contributed by atoms with van der Waals surface area (Å²) in [4.78, 5) is 38.6. The van der Waals surface area contributed by atoms with Gasteiger partial charge in [-0.15, -0.1) is 0 Å². The van der Waals surface area contributed by atoms with Crippen LogP contribution in [0.2, 0.25) is 0 Å². The highest BCUT2D eigenvalue weighted by Crippen LogP contribution is 2.29. The molecule has 0 saturated heterocycles. The number of rotatable bonds is 4. The number of carbonyl (C=O) groups is 3. The van der Waals surface area contributed by atoms with Crippen molar-refractivity contribution < 1.29 is 27.5 Å². The van der Waals surface area contributed by atoms with Gasteiger partial charge in [-0.2, -0.15) is 4.31 Å². The maximum absolute atomic E-state index is 12.8. The van der Waals surface area contributed by atoms with Crippen molar-refractivity contribution in [1.82, 2.24) is 4.31 Å². The first-order chi connectivity index (χ1) is 14.7. The molecule has 0 fully saturated rings. The second-order valence-electron chi connectivity index (χ2n) is 7.45. The minimum atomic E-state index is -3.68. The molecule has 0 radical (unpaired) electrons. The van der Waals surface area contributed by atoms with Crippen molar-refractivity contribution in [2.45, 2.75) is 19.0 Å². The van der Waals surface area contributed by atoms with E-state index in [1.807, 2.05) is 24.3 Å². The van der Waals surface area contributed by atoms with Gasteiger partial charge in [-0.05, 0) is 23.3 Å². The normalized spacial score (nSPS) is 18.5. The van der Waals surface area contributed by atoms with E-state index in [1.165, 1.54) is 4.90 Å². The number of ether oxygens (including phenoxy) is 1. The Kier molecular flexibility index (Phi) is 5.50. The summed E-state index contributed by atoms with van der Waals surface area (Å²) >= 11 is 0. The number of fused-ring (bicyclic) bond motifs is 2. The van der Waals surface area contributed by atoms with Crippen molar-refractivity contribution in [3.63, 3.8) is 0 Å². The van der Waals surface area contributed by atoms with Gasteiger partial charge in [0, 0.05) is 13.0 Å². The number of nitrogens with zero attached hydrogens (tertiary/aromatic N) is 2. The van der Waals surface area contributed by atoms with Gasteiger partial charge >= 0.3 is 5.97 Å². The number of para-hydroxylation sites is 2. The third-order valence-electron chi connectivity index (χ3n) is 5.31.